The van der Waals surface area contributed by atoms with Gasteiger partial charge in [0.2, 0.25) is 0 Å². The summed E-state index contributed by atoms with van der Waals surface area (Å²) in [5.41, 5.74) is -1.51. The molecule has 1 aromatic heterocycles. The van der Waals surface area contributed by atoms with Crippen molar-refractivity contribution in [2.45, 2.75) is 46.1 Å². The van der Waals surface area contributed by atoms with Crippen LogP contribution in [0, 0.1) is 0 Å². The van der Waals surface area contributed by atoms with Crippen LogP contribution in [0.2, 0.25) is 0 Å². The molecule has 1 N–H and O–H groups in total. The van der Waals surface area contributed by atoms with Crippen LogP contribution in [0.25, 0.3) is 0 Å². The Morgan fingerprint density at radius 2 is 1.88 bits per heavy atom. The maximum atomic E-state index is 12.1. The van der Waals surface area contributed by atoms with E-state index in [0.29, 0.717) is 12.8 Å². The van der Waals surface area contributed by atoms with E-state index in [2.05, 4.69) is 4.98 Å². The average molecular weight is 238 g/mol. The van der Waals surface area contributed by atoms with Crippen molar-refractivity contribution < 1.29 is 4.79 Å². The summed E-state index contributed by atoms with van der Waals surface area (Å²) < 4.78 is 1.16. The summed E-state index contributed by atoms with van der Waals surface area (Å²) in [5, 5.41) is 0. The molecule has 1 rings (SSSR count). The van der Waals surface area contributed by atoms with Gasteiger partial charge in [-0.15, -0.1) is 0 Å². The normalized spacial score (nSPS) is 11.5. The predicted molar refractivity (Wildman–Crippen MR) is 65.6 cm³/mol. The molecule has 1 aromatic rings. The Morgan fingerprint density at radius 3 is 2.29 bits per heavy atom. The number of nitrogens with one attached hydrogen (secondary N) is 1. The van der Waals surface area contributed by atoms with E-state index in [1.165, 1.54) is 13.1 Å². The molecule has 0 radical (unpaired) electrons. The molecule has 5 heteroatoms. The van der Waals surface area contributed by atoms with Gasteiger partial charge in [0.1, 0.15) is 0 Å². The number of hydrogen-bond donors (Lipinski definition) is 1. The molecule has 0 spiro atoms. The van der Waals surface area contributed by atoms with Crippen LogP contribution < -0.4 is 11.2 Å². The van der Waals surface area contributed by atoms with Crippen LogP contribution in [0.15, 0.2) is 15.8 Å². The van der Waals surface area contributed by atoms with Crippen molar-refractivity contribution in [1.82, 2.24) is 9.55 Å². The van der Waals surface area contributed by atoms with Crippen LogP contribution >= 0.6 is 0 Å². The minimum Gasteiger partial charge on any atom is -0.313 e. The number of carbonyl (C=O) groups is 1. The average Bonchev–Trinajstić information content (AvgIpc) is 2.28. The number of H-pyrrole nitrogens is 1. The van der Waals surface area contributed by atoms with Crippen LogP contribution in [0.5, 0.6) is 0 Å². The predicted octanol–water partition coefficient (Wildman–Crippen LogP) is 1.27. The molecule has 0 unspecified atom stereocenters. The molecule has 94 valence electrons. The fraction of sp³-hybridized carbons (Fsp3) is 0.583. The van der Waals surface area contributed by atoms with Gasteiger partial charge < -0.3 is 4.98 Å². The Bertz CT molecular complexity index is 535. The zero-order chi connectivity index (χ0) is 13.2. The summed E-state index contributed by atoms with van der Waals surface area (Å²) in [7, 11) is 0. The summed E-state index contributed by atoms with van der Waals surface area (Å²) in [6.07, 6.45) is 2.48. The first-order valence-electron chi connectivity index (χ1n) is 5.73. The molecule has 0 saturated carbocycles. The lowest BCUT2D eigenvalue weighted by Crippen LogP contribution is -2.48. The largest absolute Gasteiger partial charge is 0.328 e. The molecule has 0 fully saturated rings. The lowest BCUT2D eigenvalue weighted by atomic mass is 9.95. The molecule has 0 atom stereocenters. The second-order valence-electron chi connectivity index (χ2n) is 4.41. The van der Waals surface area contributed by atoms with E-state index < -0.39 is 16.8 Å². The van der Waals surface area contributed by atoms with Crippen molar-refractivity contribution in [3.63, 3.8) is 0 Å². The number of aromatic nitrogens is 2. The van der Waals surface area contributed by atoms with Crippen molar-refractivity contribution in [3.05, 3.63) is 32.6 Å². The van der Waals surface area contributed by atoms with Gasteiger partial charge >= 0.3 is 5.69 Å². The van der Waals surface area contributed by atoms with E-state index in [4.69, 9.17) is 0 Å². The number of ketones is 1. The molecule has 0 aromatic carbocycles. The Hall–Kier alpha value is -1.65. The molecule has 1 heterocycles. The zero-order valence-electron chi connectivity index (χ0n) is 10.7. The second-order valence-corrected chi connectivity index (χ2v) is 4.41. The van der Waals surface area contributed by atoms with Crippen LogP contribution in [-0.4, -0.2) is 15.3 Å². The molecule has 17 heavy (non-hydrogen) atoms. The van der Waals surface area contributed by atoms with Crippen molar-refractivity contribution >= 4 is 5.78 Å². The molecule has 0 amide bonds. The monoisotopic (exact) mass is 238 g/mol. The Kier molecular flexibility index (Phi) is 3.70. The Morgan fingerprint density at radius 1 is 1.35 bits per heavy atom. The fourth-order valence-corrected chi connectivity index (χ4v) is 1.78. The number of aromatic amines is 1. The van der Waals surface area contributed by atoms with E-state index in [9.17, 15) is 14.4 Å². The third-order valence-corrected chi connectivity index (χ3v) is 3.42. The van der Waals surface area contributed by atoms with Gasteiger partial charge in [-0.05, 0) is 26.7 Å². The van der Waals surface area contributed by atoms with Crippen LogP contribution in [0.1, 0.15) is 50.9 Å². The van der Waals surface area contributed by atoms with Gasteiger partial charge in [-0.3, -0.25) is 14.2 Å². The highest BCUT2D eigenvalue weighted by molar-refractivity contribution is 5.93. The third-order valence-electron chi connectivity index (χ3n) is 3.42. The summed E-state index contributed by atoms with van der Waals surface area (Å²) >= 11 is 0. The van der Waals surface area contributed by atoms with E-state index >= 15 is 0 Å². The van der Waals surface area contributed by atoms with Crippen molar-refractivity contribution in [3.8, 4) is 0 Å². The van der Waals surface area contributed by atoms with Gasteiger partial charge in [-0.25, -0.2) is 4.79 Å². The van der Waals surface area contributed by atoms with E-state index in [1.54, 1.807) is 0 Å². The van der Waals surface area contributed by atoms with Crippen LogP contribution in [0.4, 0.5) is 0 Å². The maximum absolute atomic E-state index is 12.1. The quantitative estimate of drug-likeness (QED) is 0.803. The number of carbonyl (C=O) groups excluding carboxylic acids is 1. The first kappa shape index (κ1) is 13.4. The molecule has 0 aliphatic rings. The second kappa shape index (κ2) is 4.69. The number of rotatable bonds is 4. The van der Waals surface area contributed by atoms with Gasteiger partial charge in [-0.2, -0.15) is 0 Å². The molecule has 0 aliphatic carbocycles. The minimum atomic E-state index is -0.559. The van der Waals surface area contributed by atoms with Crippen LogP contribution in [-0.2, 0) is 5.54 Å². The summed E-state index contributed by atoms with van der Waals surface area (Å²) in [4.78, 5) is 37.6. The Labute approximate surface area is 99.5 Å². The van der Waals surface area contributed by atoms with E-state index in [0.717, 1.165) is 4.57 Å². The summed E-state index contributed by atoms with van der Waals surface area (Å²) in [6, 6.07) is 0. The molecule has 0 saturated heterocycles. The zero-order valence-corrected chi connectivity index (χ0v) is 10.7. The maximum Gasteiger partial charge on any atom is 0.328 e. The standard InChI is InChI=1S/C12H18N2O3/c1-5-12(4,6-2)14-10(16)9(8(3)15)7-13-11(14)17/h7H,5-6H2,1-4H3,(H,13,17). The highest BCUT2D eigenvalue weighted by Gasteiger charge is 2.27. The molecule has 5 nitrogen and oxygen atoms in total. The summed E-state index contributed by atoms with van der Waals surface area (Å²) in [5.74, 6) is -0.338. The van der Waals surface area contributed by atoms with Gasteiger partial charge in [0, 0.05) is 11.7 Å². The summed E-state index contributed by atoms with van der Waals surface area (Å²) in [6.45, 7) is 6.98. The van der Waals surface area contributed by atoms with Crippen molar-refractivity contribution in [1.29, 1.82) is 0 Å². The Balaban J connectivity index is 3.64. The topological polar surface area (TPSA) is 71.9 Å². The number of nitrogens with zero attached hydrogens (tertiary/aromatic N) is 1. The van der Waals surface area contributed by atoms with E-state index in [-0.39, 0.29) is 11.3 Å². The smallest absolute Gasteiger partial charge is 0.313 e. The lowest BCUT2D eigenvalue weighted by molar-refractivity contribution is 0.101. The molecule has 0 aliphatic heterocycles. The highest BCUT2D eigenvalue weighted by Crippen LogP contribution is 2.20. The SMILES string of the molecule is CCC(C)(CC)n1c(=O)[nH]cc(C(C)=O)c1=O. The van der Waals surface area contributed by atoms with Crippen LogP contribution in [0.3, 0.4) is 0 Å². The number of hydrogen-bond acceptors (Lipinski definition) is 3. The van der Waals surface area contributed by atoms with Gasteiger partial charge in [0.25, 0.3) is 5.56 Å². The highest BCUT2D eigenvalue weighted by atomic mass is 16.2. The van der Waals surface area contributed by atoms with Crippen molar-refractivity contribution in [2.24, 2.45) is 0 Å². The first-order valence-corrected chi connectivity index (χ1v) is 5.73. The molecule has 0 bridgehead atoms. The molecular weight excluding hydrogens is 220 g/mol. The third kappa shape index (κ3) is 2.23. The molecular formula is C12H18N2O3. The van der Waals surface area contributed by atoms with Crippen molar-refractivity contribution in [2.75, 3.05) is 0 Å². The fourth-order valence-electron chi connectivity index (χ4n) is 1.78. The van der Waals surface area contributed by atoms with Gasteiger partial charge in [0.05, 0.1) is 5.56 Å². The van der Waals surface area contributed by atoms with Gasteiger partial charge in [-0.1, -0.05) is 13.8 Å². The minimum absolute atomic E-state index is 0.0257. The lowest BCUT2D eigenvalue weighted by Gasteiger charge is -2.28. The number of Topliss-reactive ketones (excluding diaryl/α,β-unsaturated/α-hetero) is 1. The van der Waals surface area contributed by atoms with Gasteiger partial charge in [0.15, 0.2) is 5.78 Å². The first-order chi connectivity index (χ1) is 7.87. The van der Waals surface area contributed by atoms with E-state index in [1.807, 2.05) is 20.8 Å².